The van der Waals surface area contributed by atoms with E-state index < -0.39 is 17.7 Å². The van der Waals surface area contributed by atoms with E-state index in [1.54, 1.807) is 26.2 Å². The Kier molecular flexibility index (Phi) is 6.09. The van der Waals surface area contributed by atoms with Crippen LogP contribution in [0.3, 0.4) is 0 Å². The van der Waals surface area contributed by atoms with Crippen LogP contribution in [0.25, 0.3) is 11.1 Å². The molecular weight excluding hydrogens is 428 g/mol. The smallest absolute Gasteiger partial charge is 0.250 e. The third-order valence-corrected chi connectivity index (χ3v) is 5.63. The molecule has 0 radical (unpaired) electrons. The fourth-order valence-electron chi connectivity index (χ4n) is 4.03. The molecule has 1 aliphatic rings. The van der Waals surface area contributed by atoms with Gasteiger partial charge in [0.25, 0.3) is 5.56 Å². The summed E-state index contributed by atoms with van der Waals surface area (Å²) in [6.45, 7) is 2.24. The lowest BCUT2D eigenvalue weighted by atomic mass is 9.91. The molecule has 170 valence electrons. The summed E-state index contributed by atoms with van der Waals surface area (Å²) in [5.74, 6) is -1.29. The summed E-state index contributed by atoms with van der Waals surface area (Å²) < 4.78 is 35.9. The third-order valence-electron chi connectivity index (χ3n) is 5.63. The van der Waals surface area contributed by atoms with Crippen LogP contribution in [0.15, 0.2) is 58.4 Å². The molecule has 1 aromatic heterocycles. The molecule has 4 rings (SSSR count). The first-order chi connectivity index (χ1) is 15.8. The standard InChI is InChI=1S/C25H23F2N3O3/c1-4-28-21(31)12-19-17-11-22(32)30(2)13-18(17)16-9-10-20(33-3)24(27)23(16)25(29-19)14-5-7-15(26)8-6-14/h5-11,13,19H,4,12H2,1-3H3,(H,28,31). The van der Waals surface area contributed by atoms with Crippen molar-refractivity contribution in [3.05, 3.63) is 87.3 Å². The molecule has 8 heteroatoms. The summed E-state index contributed by atoms with van der Waals surface area (Å²) in [6.07, 6.45) is 1.59. The van der Waals surface area contributed by atoms with Gasteiger partial charge in [-0.1, -0.05) is 0 Å². The Bertz CT molecular complexity index is 1310. The zero-order valence-electron chi connectivity index (χ0n) is 18.5. The van der Waals surface area contributed by atoms with E-state index in [1.165, 1.54) is 48.1 Å². The molecule has 0 bridgehead atoms. The van der Waals surface area contributed by atoms with Crippen molar-refractivity contribution >= 4 is 11.6 Å². The molecule has 1 unspecified atom stereocenters. The minimum absolute atomic E-state index is 0.0251. The van der Waals surface area contributed by atoms with E-state index in [0.717, 1.165) is 0 Å². The number of nitrogens with zero attached hydrogens (tertiary/aromatic N) is 2. The van der Waals surface area contributed by atoms with Crippen molar-refractivity contribution < 1.29 is 18.3 Å². The number of fused-ring (bicyclic) bond motifs is 3. The molecule has 2 aromatic carbocycles. The number of benzene rings is 2. The molecule has 33 heavy (non-hydrogen) atoms. The van der Waals surface area contributed by atoms with Gasteiger partial charge >= 0.3 is 0 Å². The van der Waals surface area contributed by atoms with Crippen LogP contribution < -0.4 is 15.6 Å². The third kappa shape index (κ3) is 4.16. The number of hydrogen-bond donors (Lipinski definition) is 1. The molecule has 0 saturated heterocycles. The number of nitrogens with one attached hydrogen (secondary N) is 1. The van der Waals surface area contributed by atoms with E-state index in [0.29, 0.717) is 28.8 Å². The van der Waals surface area contributed by atoms with Gasteiger partial charge in [0.15, 0.2) is 11.6 Å². The molecule has 1 aliphatic heterocycles. The molecule has 1 amide bonds. The van der Waals surface area contributed by atoms with E-state index in [2.05, 4.69) is 5.32 Å². The minimum Gasteiger partial charge on any atom is -0.494 e. The predicted octanol–water partition coefficient (Wildman–Crippen LogP) is 3.76. The highest BCUT2D eigenvalue weighted by Crippen LogP contribution is 2.41. The number of pyridine rings is 1. The van der Waals surface area contributed by atoms with Gasteiger partial charge in [-0.05, 0) is 54.4 Å². The van der Waals surface area contributed by atoms with Crippen LogP contribution >= 0.6 is 0 Å². The second-order valence-corrected chi connectivity index (χ2v) is 7.75. The van der Waals surface area contributed by atoms with Crippen molar-refractivity contribution in [1.82, 2.24) is 9.88 Å². The molecule has 0 fully saturated rings. The zero-order valence-corrected chi connectivity index (χ0v) is 18.5. The summed E-state index contributed by atoms with van der Waals surface area (Å²) in [6, 6.07) is 9.44. The van der Waals surface area contributed by atoms with Crippen LogP contribution in [-0.4, -0.2) is 29.8 Å². The number of amides is 1. The maximum atomic E-state index is 15.7. The van der Waals surface area contributed by atoms with Crippen molar-refractivity contribution in [2.75, 3.05) is 13.7 Å². The Morgan fingerprint density at radius 2 is 1.88 bits per heavy atom. The van der Waals surface area contributed by atoms with Gasteiger partial charge in [-0.25, -0.2) is 8.78 Å². The van der Waals surface area contributed by atoms with Crippen LogP contribution in [-0.2, 0) is 11.8 Å². The Balaban J connectivity index is 2.07. The van der Waals surface area contributed by atoms with Crippen molar-refractivity contribution in [3.8, 4) is 16.9 Å². The second kappa shape index (κ2) is 8.97. The first-order valence-corrected chi connectivity index (χ1v) is 10.5. The number of ether oxygens (including phenoxy) is 1. The summed E-state index contributed by atoms with van der Waals surface area (Å²) in [4.78, 5) is 29.8. The molecular formula is C25H23F2N3O3. The Hall–Kier alpha value is -3.81. The summed E-state index contributed by atoms with van der Waals surface area (Å²) in [7, 11) is 2.97. The van der Waals surface area contributed by atoms with Gasteiger partial charge in [0.05, 0.1) is 25.3 Å². The number of aryl methyl sites for hydroxylation is 1. The number of halogens is 2. The first kappa shape index (κ1) is 22.4. The van der Waals surface area contributed by atoms with Crippen LogP contribution in [0, 0.1) is 11.6 Å². The zero-order chi connectivity index (χ0) is 23.7. The summed E-state index contributed by atoms with van der Waals surface area (Å²) >= 11 is 0. The van der Waals surface area contributed by atoms with Gasteiger partial charge in [0, 0.05) is 42.5 Å². The Morgan fingerprint density at radius 3 is 2.55 bits per heavy atom. The van der Waals surface area contributed by atoms with Crippen molar-refractivity contribution in [1.29, 1.82) is 0 Å². The number of methoxy groups -OCH3 is 1. The number of carbonyl (C=O) groups excluding carboxylic acids is 1. The van der Waals surface area contributed by atoms with E-state index in [1.807, 2.05) is 0 Å². The average molecular weight is 451 g/mol. The lowest BCUT2D eigenvalue weighted by Crippen LogP contribution is -2.25. The molecule has 1 N–H and O–H groups in total. The Morgan fingerprint density at radius 1 is 1.15 bits per heavy atom. The normalized spacial score (nSPS) is 14.6. The largest absolute Gasteiger partial charge is 0.494 e. The van der Waals surface area contributed by atoms with Crippen LogP contribution in [0.4, 0.5) is 8.78 Å². The van der Waals surface area contributed by atoms with Gasteiger partial charge in [-0.15, -0.1) is 0 Å². The molecule has 0 aliphatic carbocycles. The number of rotatable bonds is 5. The summed E-state index contributed by atoms with van der Waals surface area (Å²) in [5, 5.41) is 2.75. The van der Waals surface area contributed by atoms with E-state index in [-0.39, 0.29) is 34.9 Å². The molecule has 6 nitrogen and oxygen atoms in total. The fourth-order valence-corrected chi connectivity index (χ4v) is 4.03. The molecule has 1 atom stereocenters. The SMILES string of the molecule is CCNC(=O)CC1N=C(c2ccc(F)cc2)c2c(ccc(OC)c2F)-c2cn(C)c(=O)cc21. The fraction of sp³-hybridized carbons (Fsp3) is 0.240. The van der Waals surface area contributed by atoms with E-state index in [4.69, 9.17) is 9.73 Å². The van der Waals surface area contributed by atoms with Crippen molar-refractivity contribution in [3.63, 3.8) is 0 Å². The predicted molar refractivity (Wildman–Crippen MR) is 122 cm³/mol. The number of aliphatic imine (C=N–C) groups is 1. The molecule has 3 aromatic rings. The number of aromatic nitrogens is 1. The monoisotopic (exact) mass is 451 g/mol. The van der Waals surface area contributed by atoms with Gasteiger partial charge in [0.2, 0.25) is 5.91 Å². The van der Waals surface area contributed by atoms with Crippen LogP contribution in [0.1, 0.15) is 36.1 Å². The average Bonchev–Trinajstić information content (AvgIpc) is 2.91. The molecule has 2 heterocycles. The molecule has 0 saturated carbocycles. The highest BCUT2D eigenvalue weighted by Gasteiger charge is 2.30. The van der Waals surface area contributed by atoms with Gasteiger partial charge in [0.1, 0.15) is 5.82 Å². The minimum atomic E-state index is -0.752. The highest BCUT2D eigenvalue weighted by molar-refractivity contribution is 6.17. The quantitative estimate of drug-likeness (QED) is 0.642. The van der Waals surface area contributed by atoms with Crippen LogP contribution in [0.2, 0.25) is 0 Å². The Labute approximate surface area is 189 Å². The number of carbonyl (C=O) groups is 1. The van der Waals surface area contributed by atoms with Crippen molar-refractivity contribution in [2.24, 2.45) is 12.0 Å². The maximum absolute atomic E-state index is 15.7. The number of hydrogen-bond acceptors (Lipinski definition) is 4. The topological polar surface area (TPSA) is 72.7 Å². The lowest BCUT2D eigenvalue weighted by molar-refractivity contribution is -0.121. The summed E-state index contributed by atoms with van der Waals surface area (Å²) in [5.41, 5.74) is 2.23. The van der Waals surface area contributed by atoms with Gasteiger partial charge in [-0.3, -0.25) is 14.6 Å². The highest BCUT2D eigenvalue weighted by atomic mass is 19.1. The lowest BCUT2D eigenvalue weighted by Gasteiger charge is -2.16. The first-order valence-electron chi connectivity index (χ1n) is 10.5. The van der Waals surface area contributed by atoms with Gasteiger partial charge in [-0.2, -0.15) is 0 Å². The van der Waals surface area contributed by atoms with E-state index >= 15 is 4.39 Å². The molecule has 0 spiro atoms. The van der Waals surface area contributed by atoms with Crippen LogP contribution in [0.5, 0.6) is 5.75 Å². The second-order valence-electron chi connectivity index (χ2n) is 7.75. The van der Waals surface area contributed by atoms with Crippen molar-refractivity contribution in [2.45, 2.75) is 19.4 Å². The van der Waals surface area contributed by atoms with E-state index in [9.17, 15) is 14.0 Å². The van der Waals surface area contributed by atoms with Gasteiger partial charge < -0.3 is 14.6 Å². The maximum Gasteiger partial charge on any atom is 0.250 e.